The van der Waals surface area contributed by atoms with Crippen LogP contribution < -0.4 is 5.32 Å². The molecular formula is C13H28N2O2S. The van der Waals surface area contributed by atoms with E-state index < -0.39 is 10.0 Å². The second-order valence-corrected chi connectivity index (χ2v) is 7.76. The molecule has 1 unspecified atom stereocenters. The molecule has 1 heterocycles. The third-order valence-corrected chi connectivity index (χ3v) is 5.38. The average molecular weight is 276 g/mol. The summed E-state index contributed by atoms with van der Waals surface area (Å²) < 4.78 is 26.1. The van der Waals surface area contributed by atoms with Gasteiger partial charge in [0.2, 0.25) is 10.0 Å². The van der Waals surface area contributed by atoms with Crippen molar-refractivity contribution in [2.75, 3.05) is 31.9 Å². The molecule has 0 aromatic carbocycles. The summed E-state index contributed by atoms with van der Waals surface area (Å²) in [6.07, 6.45) is 2.90. The highest BCUT2D eigenvalue weighted by Crippen LogP contribution is 2.20. The first-order chi connectivity index (χ1) is 8.45. The molecule has 0 amide bonds. The Kier molecular flexibility index (Phi) is 6.60. The molecule has 1 aliphatic heterocycles. The molecule has 0 spiro atoms. The lowest BCUT2D eigenvalue weighted by Crippen LogP contribution is -2.43. The Balaban J connectivity index is 2.49. The van der Waals surface area contributed by atoms with Crippen molar-refractivity contribution in [2.24, 2.45) is 11.8 Å². The number of piperidine rings is 1. The summed E-state index contributed by atoms with van der Waals surface area (Å²) in [6, 6.07) is 0. The van der Waals surface area contributed by atoms with Gasteiger partial charge >= 0.3 is 0 Å². The second kappa shape index (κ2) is 7.46. The van der Waals surface area contributed by atoms with Crippen LogP contribution in [-0.4, -0.2) is 44.7 Å². The van der Waals surface area contributed by atoms with E-state index in [4.69, 9.17) is 0 Å². The summed E-state index contributed by atoms with van der Waals surface area (Å²) in [5.41, 5.74) is 0. The Hall–Kier alpha value is -0.130. The third-order valence-electron chi connectivity index (χ3n) is 3.51. The number of nitrogens with one attached hydrogen (secondary N) is 1. The van der Waals surface area contributed by atoms with Crippen molar-refractivity contribution in [3.05, 3.63) is 0 Å². The summed E-state index contributed by atoms with van der Waals surface area (Å²) in [4.78, 5) is 0. The van der Waals surface area contributed by atoms with Gasteiger partial charge in [0.25, 0.3) is 0 Å². The summed E-state index contributed by atoms with van der Waals surface area (Å²) >= 11 is 0. The van der Waals surface area contributed by atoms with E-state index in [1.165, 1.54) is 0 Å². The molecule has 0 aromatic rings. The van der Waals surface area contributed by atoms with E-state index in [-0.39, 0.29) is 0 Å². The first-order valence-electron chi connectivity index (χ1n) is 7.14. The van der Waals surface area contributed by atoms with Crippen LogP contribution in [0.25, 0.3) is 0 Å². The van der Waals surface area contributed by atoms with Gasteiger partial charge in [-0.2, -0.15) is 0 Å². The number of rotatable bonds is 7. The highest BCUT2D eigenvalue weighted by Gasteiger charge is 2.28. The molecule has 0 radical (unpaired) electrons. The predicted molar refractivity (Wildman–Crippen MR) is 76.1 cm³/mol. The second-order valence-electron chi connectivity index (χ2n) is 5.67. The molecule has 0 bridgehead atoms. The highest BCUT2D eigenvalue weighted by atomic mass is 32.2. The summed E-state index contributed by atoms with van der Waals surface area (Å²) in [6.45, 7) is 9.53. The van der Waals surface area contributed by atoms with Gasteiger partial charge in [-0.3, -0.25) is 0 Å². The van der Waals surface area contributed by atoms with Crippen molar-refractivity contribution >= 4 is 10.0 Å². The van der Waals surface area contributed by atoms with Gasteiger partial charge in [-0.1, -0.05) is 20.8 Å². The SMILES string of the molecule is CCNCC1CCCN(S(=O)(=O)CCC(C)C)C1. The molecular weight excluding hydrogens is 248 g/mol. The largest absolute Gasteiger partial charge is 0.317 e. The highest BCUT2D eigenvalue weighted by molar-refractivity contribution is 7.89. The van der Waals surface area contributed by atoms with E-state index in [1.54, 1.807) is 4.31 Å². The van der Waals surface area contributed by atoms with Crippen molar-refractivity contribution in [3.63, 3.8) is 0 Å². The van der Waals surface area contributed by atoms with E-state index in [1.807, 2.05) is 0 Å². The number of hydrogen-bond donors (Lipinski definition) is 1. The predicted octanol–water partition coefficient (Wildman–Crippen LogP) is 1.68. The van der Waals surface area contributed by atoms with Gasteiger partial charge in [0, 0.05) is 13.1 Å². The molecule has 1 fully saturated rings. The Morgan fingerprint density at radius 3 is 2.72 bits per heavy atom. The van der Waals surface area contributed by atoms with Crippen LogP contribution >= 0.6 is 0 Å². The molecule has 1 rings (SSSR count). The monoisotopic (exact) mass is 276 g/mol. The normalized spacial score (nSPS) is 22.6. The van der Waals surface area contributed by atoms with Crippen LogP contribution in [0.5, 0.6) is 0 Å². The molecule has 0 saturated carbocycles. The van der Waals surface area contributed by atoms with Crippen molar-refractivity contribution in [3.8, 4) is 0 Å². The molecule has 1 N–H and O–H groups in total. The standard InChI is InChI=1S/C13H28N2O2S/c1-4-14-10-13-6-5-8-15(11-13)18(16,17)9-7-12(2)3/h12-14H,4-11H2,1-3H3. The molecule has 1 atom stereocenters. The third kappa shape index (κ3) is 5.24. The number of hydrogen-bond acceptors (Lipinski definition) is 3. The van der Waals surface area contributed by atoms with Crippen molar-refractivity contribution < 1.29 is 8.42 Å². The van der Waals surface area contributed by atoms with E-state index in [9.17, 15) is 8.42 Å². The van der Waals surface area contributed by atoms with Gasteiger partial charge in [0.05, 0.1) is 5.75 Å². The van der Waals surface area contributed by atoms with Crippen LogP contribution in [0.15, 0.2) is 0 Å². The number of nitrogens with zero attached hydrogens (tertiary/aromatic N) is 1. The first-order valence-corrected chi connectivity index (χ1v) is 8.75. The zero-order valence-electron chi connectivity index (χ0n) is 12.0. The lowest BCUT2D eigenvalue weighted by atomic mass is 10.00. The molecule has 1 aliphatic rings. The van der Waals surface area contributed by atoms with E-state index >= 15 is 0 Å². The topological polar surface area (TPSA) is 49.4 Å². The van der Waals surface area contributed by atoms with Crippen molar-refractivity contribution in [1.82, 2.24) is 9.62 Å². The fourth-order valence-electron chi connectivity index (χ4n) is 2.31. The Morgan fingerprint density at radius 2 is 2.11 bits per heavy atom. The van der Waals surface area contributed by atoms with Gasteiger partial charge in [0.1, 0.15) is 0 Å². The quantitative estimate of drug-likeness (QED) is 0.770. The summed E-state index contributed by atoms with van der Waals surface area (Å²) in [7, 11) is -3.03. The van der Waals surface area contributed by atoms with Gasteiger partial charge in [-0.05, 0) is 44.2 Å². The fraction of sp³-hybridized carbons (Fsp3) is 1.00. The minimum absolute atomic E-state index is 0.304. The first kappa shape index (κ1) is 15.9. The van der Waals surface area contributed by atoms with Crippen LogP contribution in [0.3, 0.4) is 0 Å². The van der Waals surface area contributed by atoms with Gasteiger partial charge in [0.15, 0.2) is 0 Å². The Morgan fingerprint density at radius 1 is 1.39 bits per heavy atom. The van der Waals surface area contributed by atoms with Gasteiger partial charge in [-0.15, -0.1) is 0 Å². The smallest absolute Gasteiger partial charge is 0.214 e. The van der Waals surface area contributed by atoms with Gasteiger partial charge in [-0.25, -0.2) is 12.7 Å². The average Bonchev–Trinajstić information content (AvgIpc) is 2.34. The van der Waals surface area contributed by atoms with Crippen LogP contribution in [0.2, 0.25) is 0 Å². The van der Waals surface area contributed by atoms with Gasteiger partial charge < -0.3 is 5.32 Å². The van der Waals surface area contributed by atoms with E-state index in [0.717, 1.165) is 32.4 Å². The lowest BCUT2D eigenvalue weighted by Gasteiger charge is -2.32. The Labute approximate surface area is 112 Å². The van der Waals surface area contributed by atoms with Crippen molar-refractivity contribution in [1.29, 1.82) is 0 Å². The maximum Gasteiger partial charge on any atom is 0.214 e. The van der Waals surface area contributed by atoms with Crippen molar-refractivity contribution in [2.45, 2.75) is 40.0 Å². The molecule has 0 aliphatic carbocycles. The lowest BCUT2D eigenvalue weighted by molar-refractivity contribution is 0.260. The number of sulfonamides is 1. The zero-order valence-corrected chi connectivity index (χ0v) is 12.8. The minimum atomic E-state index is -3.03. The minimum Gasteiger partial charge on any atom is -0.317 e. The maximum atomic E-state index is 12.2. The molecule has 108 valence electrons. The summed E-state index contributed by atoms with van der Waals surface area (Å²) in [5, 5.41) is 3.32. The maximum absolute atomic E-state index is 12.2. The van der Waals surface area contributed by atoms with Crippen LogP contribution in [0.4, 0.5) is 0 Å². The zero-order chi connectivity index (χ0) is 13.6. The van der Waals surface area contributed by atoms with E-state index in [2.05, 4.69) is 26.1 Å². The summed E-state index contributed by atoms with van der Waals surface area (Å²) in [5.74, 6) is 1.23. The van der Waals surface area contributed by atoms with E-state index in [0.29, 0.717) is 30.7 Å². The van der Waals surface area contributed by atoms with Crippen LogP contribution in [0.1, 0.15) is 40.0 Å². The van der Waals surface area contributed by atoms with Crippen LogP contribution in [0, 0.1) is 11.8 Å². The van der Waals surface area contributed by atoms with Crippen LogP contribution in [-0.2, 0) is 10.0 Å². The molecule has 18 heavy (non-hydrogen) atoms. The molecule has 4 nitrogen and oxygen atoms in total. The molecule has 0 aromatic heterocycles. The fourth-order valence-corrected chi connectivity index (χ4v) is 4.18. The molecule has 1 saturated heterocycles. The molecule has 5 heteroatoms. The Bertz CT molecular complexity index is 328.